The van der Waals surface area contributed by atoms with Crippen molar-refractivity contribution in [2.24, 2.45) is 5.92 Å². The molecule has 0 radical (unpaired) electrons. The first-order chi connectivity index (χ1) is 5.93. The van der Waals surface area contributed by atoms with E-state index in [2.05, 4.69) is 12.2 Å². The first-order valence-corrected chi connectivity index (χ1v) is 6.11. The number of carboxylic acid groups (broad SMARTS) is 2. The van der Waals surface area contributed by atoms with Crippen LogP contribution in [-0.4, -0.2) is 28.3 Å². The van der Waals surface area contributed by atoms with Crippen molar-refractivity contribution < 1.29 is 24.4 Å². The van der Waals surface area contributed by atoms with Gasteiger partial charge in [0.2, 0.25) is 0 Å². The molecule has 5 nitrogen and oxygen atoms in total. The highest BCUT2D eigenvalue weighted by atomic mass is 32.7. The molecular formula is C6H10O5PS+. The largest absolute Gasteiger partial charge is 0.481 e. The van der Waals surface area contributed by atoms with Crippen LogP contribution in [0.3, 0.4) is 0 Å². The third kappa shape index (κ3) is 6.54. The minimum Gasteiger partial charge on any atom is -0.481 e. The highest BCUT2D eigenvalue weighted by Crippen LogP contribution is 2.30. The molecule has 0 amide bonds. The van der Waals surface area contributed by atoms with Gasteiger partial charge in [0.1, 0.15) is 18.2 Å². The molecule has 0 aliphatic heterocycles. The van der Waals surface area contributed by atoms with Crippen LogP contribution in [0.1, 0.15) is 12.8 Å². The van der Waals surface area contributed by atoms with E-state index >= 15 is 0 Å². The van der Waals surface area contributed by atoms with E-state index in [1.165, 1.54) is 0 Å². The van der Waals surface area contributed by atoms with Crippen LogP contribution in [0.15, 0.2) is 0 Å². The summed E-state index contributed by atoms with van der Waals surface area (Å²) in [5.41, 5.74) is 0. The summed E-state index contributed by atoms with van der Waals surface area (Å²) in [6, 6.07) is 0. The molecule has 2 N–H and O–H groups in total. The summed E-state index contributed by atoms with van der Waals surface area (Å²) < 4.78 is 10.6. The van der Waals surface area contributed by atoms with Crippen molar-refractivity contribution in [3.05, 3.63) is 0 Å². The Balaban J connectivity index is 4.02. The standard InChI is InChI=1S/C6H9O5PS/c7-5(8)2-1-4(6(9)10)3-12(11)13/h4H,1-3H2,(H2-,7,8,9,10,11,13)/p+1. The number of hydrogen-bond acceptors (Lipinski definition) is 3. The monoisotopic (exact) mass is 225 g/mol. The number of aliphatic carboxylic acids is 2. The number of carbonyl (C=O) groups is 2. The van der Waals surface area contributed by atoms with Crippen molar-refractivity contribution in [1.82, 2.24) is 0 Å². The maximum Gasteiger partial charge on any atom is 0.408 e. The number of hydrogen-bond donors (Lipinski definition) is 3. The lowest BCUT2D eigenvalue weighted by molar-refractivity contribution is -0.142. The summed E-state index contributed by atoms with van der Waals surface area (Å²) in [6.45, 7) is 0. The van der Waals surface area contributed by atoms with Gasteiger partial charge in [-0.25, -0.2) is 0 Å². The zero-order chi connectivity index (χ0) is 10.4. The van der Waals surface area contributed by atoms with Crippen LogP contribution in [0.2, 0.25) is 0 Å². The Morgan fingerprint density at radius 2 is 1.92 bits per heavy atom. The van der Waals surface area contributed by atoms with E-state index in [9.17, 15) is 14.2 Å². The maximum absolute atomic E-state index is 10.6. The topological polar surface area (TPSA) is 91.7 Å². The van der Waals surface area contributed by atoms with Gasteiger partial charge >= 0.3 is 18.9 Å². The Morgan fingerprint density at radius 1 is 1.38 bits per heavy atom. The normalized spacial score (nSPS) is 13.5. The van der Waals surface area contributed by atoms with Gasteiger partial charge in [-0.1, -0.05) is 4.57 Å². The fourth-order valence-electron chi connectivity index (χ4n) is 0.779. The van der Waals surface area contributed by atoms with Gasteiger partial charge in [0.05, 0.1) is 0 Å². The summed E-state index contributed by atoms with van der Waals surface area (Å²) in [5, 5.41) is 16.9. The number of carboxylic acids is 2. The second-order valence-electron chi connectivity index (χ2n) is 2.50. The Kier molecular flexibility index (Phi) is 5.66. The van der Waals surface area contributed by atoms with Crippen LogP contribution >= 0.6 is 19.3 Å². The van der Waals surface area contributed by atoms with E-state index in [1.54, 1.807) is 0 Å². The Morgan fingerprint density at radius 3 is 2.23 bits per heavy atom. The van der Waals surface area contributed by atoms with Crippen LogP contribution in [-0.2, 0) is 14.2 Å². The molecule has 0 aliphatic rings. The van der Waals surface area contributed by atoms with Crippen molar-refractivity contribution in [2.45, 2.75) is 12.8 Å². The fraction of sp³-hybridized carbons (Fsp3) is 0.667. The van der Waals surface area contributed by atoms with Gasteiger partial charge in [0.15, 0.2) is 6.16 Å². The molecule has 2 unspecified atom stereocenters. The summed E-state index contributed by atoms with van der Waals surface area (Å²) in [6.07, 6.45) is -0.318. The van der Waals surface area contributed by atoms with Gasteiger partial charge < -0.3 is 10.2 Å². The fourth-order valence-corrected chi connectivity index (χ4v) is 2.09. The quantitative estimate of drug-likeness (QED) is 0.467. The Hall–Kier alpha value is -0.610. The van der Waals surface area contributed by atoms with Crippen LogP contribution in [0, 0.1) is 5.92 Å². The molecular weight excluding hydrogens is 215 g/mol. The maximum atomic E-state index is 10.6. The predicted molar refractivity (Wildman–Crippen MR) is 49.5 cm³/mol. The third-order valence-electron chi connectivity index (χ3n) is 1.43. The van der Waals surface area contributed by atoms with Crippen LogP contribution in [0.5, 0.6) is 0 Å². The summed E-state index contributed by atoms with van der Waals surface area (Å²) in [4.78, 5) is 20.6. The van der Waals surface area contributed by atoms with Crippen LogP contribution in [0.4, 0.5) is 0 Å². The SMILES string of the molecule is O=C(O)CCC(C[P+](=O)S)C(=O)O. The van der Waals surface area contributed by atoms with Gasteiger partial charge in [0.25, 0.3) is 0 Å². The molecule has 0 fully saturated rings. The van der Waals surface area contributed by atoms with Gasteiger partial charge in [-0.05, 0) is 6.42 Å². The van der Waals surface area contributed by atoms with Gasteiger partial charge in [0, 0.05) is 6.42 Å². The van der Waals surface area contributed by atoms with Gasteiger partial charge in [-0.15, -0.1) is 0 Å². The minimum absolute atomic E-state index is 0.00764. The molecule has 0 aromatic carbocycles. The molecule has 0 aromatic heterocycles. The molecule has 0 aromatic rings. The van der Waals surface area contributed by atoms with Crippen molar-refractivity contribution in [3.63, 3.8) is 0 Å². The van der Waals surface area contributed by atoms with Crippen LogP contribution in [0.25, 0.3) is 0 Å². The minimum atomic E-state index is -1.83. The van der Waals surface area contributed by atoms with Crippen molar-refractivity contribution >= 4 is 31.2 Å². The third-order valence-corrected chi connectivity index (χ3v) is 2.68. The molecule has 74 valence electrons. The zero-order valence-corrected chi connectivity index (χ0v) is 8.50. The van der Waals surface area contributed by atoms with Crippen molar-refractivity contribution in [1.29, 1.82) is 0 Å². The molecule has 2 atom stereocenters. The van der Waals surface area contributed by atoms with E-state index in [4.69, 9.17) is 10.2 Å². The second kappa shape index (κ2) is 5.94. The average Bonchev–Trinajstić information content (AvgIpc) is 1.96. The van der Waals surface area contributed by atoms with E-state index in [0.717, 1.165) is 0 Å². The smallest absolute Gasteiger partial charge is 0.408 e. The molecule has 0 bridgehead atoms. The number of rotatable bonds is 6. The lowest BCUT2D eigenvalue weighted by Crippen LogP contribution is -2.17. The van der Waals surface area contributed by atoms with E-state index in [0.29, 0.717) is 0 Å². The molecule has 0 saturated heterocycles. The van der Waals surface area contributed by atoms with Gasteiger partial charge in [-0.3, -0.25) is 9.59 Å². The first kappa shape index (κ1) is 12.4. The Labute approximate surface area is 81.1 Å². The highest BCUT2D eigenvalue weighted by molar-refractivity contribution is 8.40. The highest BCUT2D eigenvalue weighted by Gasteiger charge is 2.26. The summed E-state index contributed by atoms with van der Waals surface area (Å²) >= 11 is 3.58. The molecule has 0 spiro atoms. The molecule has 0 rings (SSSR count). The summed E-state index contributed by atoms with van der Waals surface area (Å²) in [7, 11) is -1.83. The molecule has 0 aliphatic carbocycles. The van der Waals surface area contributed by atoms with E-state index < -0.39 is 24.9 Å². The van der Waals surface area contributed by atoms with Crippen molar-refractivity contribution in [3.8, 4) is 0 Å². The van der Waals surface area contributed by atoms with E-state index in [-0.39, 0.29) is 19.0 Å². The zero-order valence-electron chi connectivity index (χ0n) is 6.71. The molecule has 7 heteroatoms. The summed E-state index contributed by atoms with van der Waals surface area (Å²) in [5.74, 6) is -3.06. The average molecular weight is 225 g/mol. The van der Waals surface area contributed by atoms with Crippen molar-refractivity contribution in [2.75, 3.05) is 6.16 Å². The molecule has 13 heavy (non-hydrogen) atoms. The predicted octanol–water partition coefficient (Wildman–Crippen LogP) is 1.22. The van der Waals surface area contributed by atoms with Crippen LogP contribution < -0.4 is 0 Å². The molecule has 0 saturated carbocycles. The van der Waals surface area contributed by atoms with E-state index in [1.807, 2.05) is 0 Å². The second-order valence-corrected chi connectivity index (χ2v) is 4.91. The lowest BCUT2D eigenvalue weighted by atomic mass is 10.1. The lowest BCUT2D eigenvalue weighted by Gasteiger charge is -2.02. The molecule has 0 heterocycles. The number of thiol groups is 1. The Bertz CT molecular complexity index is 229. The first-order valence-electron chi connectivity index (χ1n) is 3.51. The van der Waals surface area contributed by atoms with Gasteiger partial charge in [-0.2, -0.15) is 0 Å².